The Morgan fingerprint density at radius 1 is 1.00 bits per heavy atom. The number of anilines is 2. The van der Waals surface area contributed by atoms with E-state index in [1.165, 1.54) is 26.2 Å². The van der Waals surface area contributed by atoms with Gasteiger partial charge in [-0.3, -0.25) is 4.79 Å². The monoisotopic (exact) mass is 503 g/mol. The highest BCUT2D eigenvalue weighted by atomic mass is 19.4. The van der Waals surface area contributed by atoms with Crippen molar-refractivity contribution in [1.29, 1.82) is 0 Å². The third-order valence-electron chi connectivity index (χ3n) is 4.29. The average molecular weight is 503 g/mol. The van der Waals surface area contributed by atoms with Gasteiger partial charge in [0.1, 0.15) is 5.82 Å². The van der Waals surface area contributed by atoms with Crippen molar-refractivity contribution in [2.24, 2.45) is 0 Å². The van der Waals surface area contributed by atoms with Gasteiger partial charge in [0.2, 0.25) is 5.95 Å². The molecule has 1 amide bonds. The summed E-state index contributed by atoms with van der Waals surface area (Å²) in [6.07, 6.45) is -9.38. The first-order valence-corrected chi connectivity index (χ1v) is 9.64. The Morgan fingerprint density at radius 2 is 1.71 bits per heavy atom. The van der Waals surface area contributed by atoms with E-state index < -0.39 is 48.2 Å². The van der Waals surface area contributed by atoms with E-state index in [4.69, 9.17) is 0 Å². The van der Waals surface area contributed by atoms with Crippen LogP contribution in [0.3, 0.4) is 0 Å². The van der Waals surface area contributed by atoms with Crippen molar-refractivity contribution in [3.63, 3.8) is 0 Å². The highest BCUT2D eigenvalue weighted by Gasteiger charge is 2.31. The number of carbonyl (C=O) groups excluding carboxylic acids is 1. The topological polar surface area (TPSA) is 80.2 Å². The number of benzene rings is 2. The Bertz CT molecular complexity index is 1230. The molecule has 0 saturated carbocycles. The first kappa shape index (κ1) is 25.6. The minimum atomic E-state index is -4.73. The largest absolute Gasteiger partial charge is 0.454 e. The number of alkyl halides is 6. The molecular weight excluding hydrogens is 487 g/mol. The van der Waals surface area contributed by atoms with E-state index in [1.807, 2.05) is 0 Å². The lowest BCUT2D eigenvalue weighted by atomic mass is 10.1. The molecule has 186 valence electrons. The van der Waals surface area contributed by atoms with E-state index in [0.717, 1.165) is 35.2 Å². The molecule has 0 spiro atoms. The highest BCUT2D eigenvalue weighted by molar-refractivity contribution is 5.95. The summed E-state index contributed by atoms with van der Waals surface area (Å²) in [7, 11) is 2.77. The quantitative estimate of drug-likeness (QED) is 0.473. The van der Waals surface area contributed by atoms with Gasteiger partial charge < -0.3 is 15.0 Å². The molecule has 1 aromatic heterocycles. The van der Waals surface area contributed by atoms with Gasteiger partial charge in [-0.2, -0.15) is 41.3 Å². The Labute approximate surface area is 193 Å². The van der Waals surface area contributed by atoms with Crippen LogP contribution >= 0.6 is 0 Å². The van der Waals surface area contributed by atoms with Gasteiger partial charge in [-0.15, -0.1) is 0 Å². The molecule has 0 bridgehead atoms. The van der Waals surface area contributed by atoms with Crippen molar-refractivity contribution < 1.29 is 40.3 Å². The van der Waals surface area contributed by atoms with Crippen LogP contribution in [-0.2, 0) is 6.18 Å². The first-order chi connectivity index (χ1) is 16.2. The van der Waals surface area contributed by atoms with Crippen molar-refractivity contribution in [1.82, 2.24) is 19.9 Å². The molecule has 7 nitrogen and oxygen atoms in total. The number of nitrogens with one attached hydrogen (secondary N) is 1. The fraction of sp³-hybridized carbons (Fsp3) is 0.238. The van der Waals surface area contributed by atoms with Crippen molar-refractivity contribution in [3.8, 4) is 17.4 Å². The zero-order chi connectivity index (χ0) is 26.0. The summed E-state index contributed by atoms with van der Waals surface area (Å²) in [5.41, 5.74) is -1.46. The third-order valence-corrected chi connectivity index (χ3v) is 4.29. The van der Waals surface area contributed by atoms with Crippen molar-refractivity contribution in [3.05, 3.63) is 59.4 Å². The number of hydrogen-bond donors (Lipinski definition) is 1. The molecule has 0 aliphatic carbocycles. The van der Waals surface area contributed by atoms with Gasteiger partial charge in [0.05, 0.1) is 11.1 Å². The van der Waals surface area contributed by atoms with Gasteiger partial charge in [0, 0.05) is 25.3 Å². The number of rotatable bonds is 6. The van der Waals surface area contributed by atoms with Gasteiger partial charge in [0.15, 0.2) is 12.4 Å². The number of halogens is 7. The van der Waals surface area contributed by atoms with Gasteiger partial charge in [0.25, 0.3) is 5.91 Å². The Hall–Kier alpha value is -3.97. The summed E-state index contributed by atoms with van der Waals surface area (Å²) in [6, 6.07) is 6.30. The smallest absolute Gasteiger partial charge is 0.422 e. The number of hydrogen-bond acceptors (Lipinski definition) is 6. The van der Waals surface area contributed by atoms with Gasteiger partial charge >= 0.3 is 18.4 Å². The molecule has 14 heteroatoms. The zero-order valence-corrected chi connectivity index (χ0v) is 18.0. The third kappa shape index (κ3) is 6.77. The van der Waals surface area contributed by atoms with Crippen LogP contribution in [0.15, 0.2) is 42.5 Å². The second-order valence-electron chi connectivity index (χ2n) is 7.27. The number of aromatic nitrogens is 3. The Balaban J connectivity index is 2.05. The molecule has 0 saturated heterocycles. The van der Waals surface area contributed by atoms with Crippen LogP contribution < -0.4 is 10.1 Å². The molecule has 35 heavy (non-hydrogen) atoms. The molecule has 0 aliphatic heterocycles. The lowest BCUT2D eigenvalue weighted by Gasteiger charge is -2.14. The summed E-state index contributed by atoms with van der Waals surface area (Å²) in [4.78, 5) is 24.8. The summed E-state index contributed by atoms with van der Waals surface area (Å²) in [5.74, 6) is -2.33. The molecule has 0 atom stereocenters. The molecule has 1 heterocycles. The van der Waals surface area contributed by atoms with Gasteiger partial charge in [-0.25, -0.2) is 4.39 Å². The van der Waals surface area contributed by atoms with Gasteiger partial charge in [-0.1, -0.05) is 6.07 Å². The molecule has 0 unspecified atom stereocenters. The number of ether oxygens (including phenoxy) is 1. The van der Waals surface area contributed by atoms with Crippen LogP contribution in [0, 0.1) is 5.82 Å². The van der Waals surface area contributed by atoms with Crippen LogP contribution in [0.5, 0.6) is 6.01 Å². The van der Waals surface area contributed by atoms with E-state index in [-0.39, 0.29) is 22.6 Å². The molecule has 1 N–H and O–H groups in total. The van der Waals surface area contributed by atoms with E-state index in [2.05, 4.69) is 25.0 Å². The molecule has 0 fully saturated rings. The highest BCUT2D eigenvalue weighted by Crippen LogP contribution is 2.31. The Kier molecular flexibility index (Phi) is 7.12. The van der Waals surface area contributed by atoms with Crippen molar-refractivity contribution in [2.45, 2.75) is 12.4 Å². The summed E-state index contributed by atoms with van der Waals surface area (Å²) in [6.45, 7) is -1.76. The van der Waals surface area contributed by atoms with E-state index in [0.29, 0.717) is 0 Å². The van der Waals surface area contributed by atoms with E-state index in [9.17, 15) is 35.5 Å². The van der Waals surface area contributed by atoms with E-state index >= 15 is 0 Å². The molecular formula is C21H16F7N5O2. The minimum absolute atomic E-state index is 0.0166. The molecule has 0 radical (unpaired) electrons. The molecule has 0 aliphatic rings. The number of carbonyl (C=O) groups is 1. The second-order valence-corrected chi connectivity index (χ2v) is 7.27. The molecule has 2 aromatic carbocycles. The second kappa shape index (κ2) is 9.72. The van der Waals surface area contributed by atoms with Gasteiger partial charge in [-0.05, 0) is 36.4 Å². The summed E-state index contributed by atoms with van der Waals surface area (Å²) < 4.78 is 95.6. The van der Waals surface area contributed by atoms with E-state index in [1.54, 1.807) is 0 Å². The first-order valence-electron chi connectivity index (χ1n) is 9.64. The predicted molar refractivity (Wildman–Crippen MR) is 110 cm³/mol. The molecule has 3 aromatic rings. The normalized spacial score (nSPS) is 11.8. The number of nitrogens with zero attached hydrogens (tertiary/aromatic N) is 4. The van der Waals surface area contributed by atoms with Crippen LogP contribution in [0.4, 0.5) is 42.4 Å². The van der Waals surface area contributed by atoms with Crippen LogP contribution in [0.1, 0.15) is 15.9 Å². The lowest BCUT2D eigenvalue weighted by molar-refractivity contribution is -0.154. The minimum Gasteiger partial charge on any atom is -0.454 e. The molecule has 3 rings (SSSR count). The SMILES string of the molecule is CN(C)C(=O)c1cc(-c2nc(Nc3cccc(C(F)(F)F)c3)nc(OCC(F)(F)F)n2)ccc1F. The van der Waals surface area contributed by atoms with Crippen molar-refractivity contribution >= 4 is 17.5 Å². The predicted octanol–water partition coefficient (Wildman–Crippen LogP) is 5.08. The summed E-state index contributed by atoms with van der Waals surface area (Å²) in [5, 5.41) is 2.46. The van der Waals surface area contributed by atoms with Crippen molar-refractivity contribution in [2.75, 3.05) is 26.0 Å². The maximum Gasteiger partial charge on any atom is 0.422 e. The zero-order valence-electron chi connectivity index (χ0n) is 18.0. The fourth-order valence-corrected chi connectivity index (χ4v) is 2.72. The summed E-state index contributed by atoms with van der Waals surface area (Å²) >= 11 is 0. The number of amides is 1. The van der Waals surface area contributed by atoms with Crippen LogP contribution in [-0.4, -0.2) is 52.6 Å². The van der Waals surface area contributed by atoms with Crippen LogP contribution in [0.25, 0.3) is 11.4 Å². The van der Waals surface area contributed by atoms with Crippen LogP contribution in [0.2, 0.25) is 0 Å². The average Bonchev–Trinajstić information content (AvgIpc) is 2.76. The fourth-order valence-electron chi connectivity index (χ4n) is 2.72. The lowest BCUT2D eigenvalue weighted by Crippen LogP contribution is -2.23. The maximum atomic E-state index is 14.2. The maximum absolute atomic E-state index is 14.2. The standard InChI is InChI=1S/C21H16F7N5O2/c1-33(2)17(34)14-8-11(6-7-15(14)22)16-30-18(32-19(31-16)35-10-20(23,24)25)29-13-5-3-4-12(9-13)21(26,27)28/h3-9H,10H2,1-2H3,(H,29,30,31,32). The Morgan fingerprint density at radius 3 is 2.34 bits per heavy atom.